The summed E-state index contributed by atoms with van der Waals surface area (Å²) >= 11 is 0. The lowest BCUT2D eigenvalue weighted by Gasteiger charge is -2.21. The Balaban J connectivity index is 1.97. The van der Waals surface area contributed by atoms with Crippen LogP contribution >= 0.6 is 0 Å². The number of hydrogen-bond acceptors (Lipinski definition) is 4. The largest absolute Gasteiger partial charge is 0.324 e. The number of rotatable bonds is 2. The zero-order valence-electron chi connectivity index (χ0n) is 11.7. The summed E-state index contributed by atoms with van der Waals surface area (Å²) in [6.07, 6.45) is 1.44. The van der Waals surface area contributed by atoms with Crippen LogP contribution in [0.15, 0.2) is 30.3 Å². The molecule has 1 aromatic heterocycles. The Morgan fingerprint density at radius 3 is 2.65 bits per heavy atom. The Labute approximate surface area is 118 Å². The zero-order valence-corrected chi connectivity index (χ0v) is 11.7. The number of benzene rings is 1. The van der Waals surface area contributed by atoms with E-state index in [2.05, 4.69) is 22.2 Å². The lowest BCUT2D eigenvalue weighted by Crippen LogP contribution is -2.22. The molecule has 0 bridgehead atoms. The summed E-state index contributed by atoms with van der Waals surface area (Å²) in [7, 11) is 0. The van der Waals surface area contributed by atoms with Crippen molar-refractivity contribution < 1.29 is 4.79 Å². The van der Waals surface area contributed by atoms with Gasteiger partial charge in [-0.15, -0.1) is 0 Å². The SMILES string of the molecule is Cc1nc(Nc2ccccc2)nc2c1C(=O)C[C@H](C)C2. The van der Waals surface area contributed by atoms with E-state index in [0.717, 1.165) is 29.1 Å². The smallest absolute Gasteiger partial charge is 0.227 e. The van der Waals surface area contributed by atoms with Crippen LogP contribution in [0.1, 0.15) is 35.1 Å². The van der Waals surface area contributed by atoms with Crippen molar-refractivity contribution in [3.05, 3.63) is 47.3 Å². The summed E-state index contributed by atoms with van der Waals surface area (Å²) in [4.78, 5) is 21.0. The van der Waals surface area contributed by atoms with Crippen LogP contribution in [0, 0.1) is 12.8 Å². The van der Waals surface area contributed by atoms with E-state index < -0.39 is 0 Å². The van der Waals surface area contributed by atoms with Gasteiger partial charge in [0.25, 0.3) is 0 Å². The number of hydrogen-bond donors (Lipinski definition) is 1. The molecular formula is C16H17N3O. The summed E-state index contributed by atoms with van der Waals surface area (Å²) in [5, 5.41) is 3.19. The number of para-hydroxylation sites is 1. The van der Waals surface area contributed by atoms with Crippen molar-refractivity contribution in [2.45, 2.75) is 26.7 Å². The molecule has 0 spiro atoms. The molecule has 4 heteroatoms. The summed E-state index contributed by atoms with van der Waals surface area (Å²) in [5.74, 6) is 1.09. The summed E-state index contributed by atoms with van der Waals surface area (Å²) in [6, 6.07) is 9.81. The van der Waals surface area contributed by atoms with Gasteiger partial charge in [-0.25, -0.2) is 9.97 Å². The molecule has 1 aromatic carbocycles. The van der Waals surface area contributed by atoms with Gasteiger partial charge in [-0.3, -0.25) is 4.79 Å². The van der Waals surface area contributed by atoms with E-state index in [1.807, 2.05) is 37.3 Å². The fourth-order valence-electron chi connectivity index (χ4n) is 2.67. The van der Waals surface area contributed by atoms with Gasteiger partial charge in [0.1, 0.15) is 0 Å². The molecule has 0 saturated carbocycles. The molecule has 1 atom stereocenters. The fraction of sp³-hybridized carbons (Fsp3) is 0.312. The second-order valence-electron chi connectivity index (χ2n) is 5.38. The number of nitrogens with one attached hydrogen (secondary N) is 1. The lowest BCUT2D eigenvalue weighted by atomic mass is 9.86. The van der Waals surface area contributed by atoms with Crippen LogP contribution < -0.4 is 5.32 Å². The molecular weight excluding hydrogens is 250 g/mol. The van der Waals surface area contributed by atoms with Crippen LogP contribution in [0.5, 0.6) is 0 Å². The van der Waals surface area contributed by atoms with Gasteiger partial charge in [0.2, 0.25) is 5.95 Å². The van der Waals surface area contributed by atoms with Crippen molar-refractivity contribution in [2.75, 3.05) is 5.32 Å². The Morgan fingerprint density at radius 1 is 1.15 bits per heavy atom. The van der Waals surface area contributed by atoms with Crippen molar-refractivity contribution in [1.29, 1.82) is 0 Å². The Hall–Kier alpha value is -2.23. The van der Waals surface area contributed by atoms with Gasteiger partial charge in [0, 0.05) is 12.1 Å². The number of aryl methyl sites for hydroxylation is 1. The number of carbonyl (C=O) groups is 1. The molecule has 1 aliphatic carbocycles. The normalized spacial score (nSPS) is 17.7. The van der Waals surface area contributed by atoms with E-state index in [0.29, 0.717) is 18.3 Å². The summed E-state index contributed by atoms with van der Waals surface area (Å²) < 4.78 is 0. The molecule has 0 aliphatic heterocycles. The van der Waals surface area contributed by atoms with Gasteiger partial charge in [-0.2, -0.15) is 0 Å². The number of anilines is 2. The van der Waals surface area contributed by atoms with Gasteiger partial charge in [0.15, 0.2) is 5.78 Å². The van der Waals surface area contributed by atoms with E-state index in [1.54, 1.807) is 0 Å². The highest BCUT2D eigenvalue weighted by atomic mass is 16.1. The average Bonchev–Trinajstić information content (AvgIpc) is 2.38. The van der Waals surface area contributed by atoms with Crippen molar-refractivity contribution in [1.82, 2.24) is 9.97 Å². The molecule has 4 nitrogen and oxygen atoms in total. The first kappa shape index (κ1) is 12.8. The highest BCUT2D eigenvalue weighted by molar-refractivity contribution is 5.99. The molecule has 1 N–H and O–H groups in total. The molecule has 1 heterocycles. The van der Waals surface area contributed by atoms with Crippen molar-refractivity contribution in [3.8, 4) is 0 Å². The van der Waals surface area contributed by atoms with Crippen molar-refractivity contribution in [2.24, 2.45) is 5.92 Å². The predicted octanol–water partition coefficient (Wildman–Crippen LogP) is 3.29. The summed E-state index contributed by atoms with van der Waals surface area (Å²) in [6.45, 7) is 3.97. The second kappa shape index (κ2) is 5.04. The molecule has 102 valence electrons. The first-order valence-corrected chi connectivity index (χ1v) is 6.86. The third-order valence-corrected chi connectivity index (χ3v) is 3.55. The maximum Gasteiger partial charge on any atom is 0.227 e. The van der Waals surface area contributed by atoms with Gasteiger partial charge >= 0.3 is 0 Å². The number of aromatic nitrogens is 2. The summed E-state index contributed by atoms with van der Waals surface area (Å²) in [5.41, 5.74) is 3.31. The predicted molar refractivity (Wildman–Crippen MR) is 78.3 cm³/mol. The van der Waals surface area contributed by atoms with E-state index in [4.69, 9.17) is 0 Å². The number of nitrogens with zero attached hydrogens (tertiary/aromatic N) is 2. The Morgan fingerprint density at radius 2 is 1.90 bits per heavy atom. The minimum atomic E-state index is 0.169. The first-order valence-electron chi connectivity index (χ1n) is 6.86. The van der Waals surface area contributed by atoms with Crippen LogP contribution in [0.25, 0.3) is 0 Å². The van der Waals surface area contributed by atoms with Crippen LogP contribution in [-0.2, 0) is 6.42 Å². The van der Waals surface area contributed by atoms with E-state index in [1.165, 1.54) is 0 Å². The topological polar surface area (TPSA) is 54.9 Å². The Bertz CT molecular complexity index is 652. The Kier molecular flexibility index (Phi) is 3.22. The van der Waals surface area contributed by atoms with Gasteiger partial charge in [0.05, 0.1) is 17.0 Å². The van der Waals surface area contributed by atoms with Gasteiger partial charge in [-0.1, -0.05) is 25.1 Å². The monoisotopic (exact) mass is 267 g/mol. The van der Waals surface area contributed by atoms with Crippen LogP contribution in [-0.4, -0.2) is 15.8 Å². The van der Waals surface area contributed by atoms with Crippen LogP contribution in [0.2, 0.25) is 0 Å². The molecule has 0 amide bonds. The zero-order chi connectivity index (χ0) is 14.1. The number of fused-ring (bicyclic) bond motifs is 1. The maximum absolute atomic E-state index is 12.1. The number of carbonyl (C=O) groups excluding carboxylic acids is 1. The van der Waals surface area contributed by atoms with Crippen LogP contribution in [0.4, 0.5) is 11.6 Å². The third kappa shape index (κ3) is 2.41. The quantitative estimate of drug-likeness (QED) is 0.907. The highest BCUT2D eigenvalue weighted by Gasteiger charge is 2.26. The van der Waals surface area contributed by atoms with Crippen LogP contribution in [0.3, 0.4) is 0 Å². The molecule has 0 saturated heterocycles. The molecule has 20 heavy (non-hydrogen) atoms. The molecule has 2 aromatic rings. The minimum Gasteiger partial charge on any atom is -0.324 e. The number of ketones is 1. The van der Waals surface area contributed by atoms with Crippen molar-refractivity contribution >= 4 is 17.4 Å². The molecule has 0 radical (unpaired) electrons. The fourth-order valence-corrected chi connectivity index (χ4v) is 2.67. The lowest BCUT2D eigenvalue weighted by molar-refractivity contribution is 0.0951. The maximum atomic E-state index is 12.1. The molecule has 0 unspecified atom stereocenters. The molecule has 3 rings (SSSR count). The van der Waals surface area contributed by atoms with E-state index >= 15 is 0 Å². The van der Waals surface area contributed by atoms with E-state index in [9.17, 15) is 4.79 Å². The average molecular weight is 267 g/mol. The number of Topliss-reactive ketones (excluding diaryl/α,β-unsaturated/α-hetero) is 1. The molecule has 0 fully saturated rings. The third-order valence-electron chi connectivity index (χ3n) is 3.55. The standard InChI is InChI=1S/C16H17N3O/c1-10-8-13-15(14(20)9-10)11(2)17-16(19-13)18-12-6-4-3-5-7-12/h3-7,10H,8-9H2,1-2H3,(H,17,18,19)/t10-/m1/s1. The van der Waals surface area contributed by atoms with E-state index in [-0.39, 0.29) is 5.78 Å². The molecule has 1 aliphatic rings. The first-order chi connectivity index (χ1) is 9.63. The minimum absolute atomic E-state index is 0.169. The van der Waals surface area contributed by atoms with Gasteiger partial charge < -0.3 is 5.32 Å². The second-order valence-corrected chi connectivity index (χ2v) is 5.38. The van der Waals surface area contributed by atoms with Gasteiger partial charge in [-0.05, 0) is 31.4 Å². The van der Waals surface area contributed by atoms with Crippen molar-refractivity contribution in [3.63, 3.8) is 0 Å². The highest BCUT2D eigenvalue weighted by Crippen LogP contribution is 2.27.